The number of carboxylic acid groups (broad SMARTS) is 1. The third-order valence-electron chi connectivity index (χ3n) is 3.26. The Morgan fingerprint density at radius 3 is 2.35 bits per heavy atom. The number of nitrogens with zero attached hydrogens (tertiary/aromatic N) is 2. The highest BCUT2D eigenvalue weighted by atomic mass is 16.4. The van der Waals surface area contributed by atoms with E-state index in [1.165, 1.54) is 4.90 Å². The zero-order chi connectivity index (χ0) is 15.1. The summed E-state index contributed by atoms with van der Waals surface area (Å²) >= 11 is 0. The maximum Gasteiger partial charge on any atom is 0.325 e. The highest BCUT2D eigenvalue weighted by Crippen LogP contribution is 2.16. The van der Waals surface area contributed by atoms with Gasteiger partial charge in [0, 0.05) is 18.8 Å². The van der Waals surface area contributed by atoms with E-state index in [0.29, 0.717) is 5.69 Å². The number of urea groups is 1. The molecule has 0 aromatic heterocycles. The third kappa shape index (κ3) is 4.26. The average molecular weight is 278 g/mol. The fourth-order valence-electron chi connectivity index (χ4n) is 2.00. The standard InChI is InChI=1S/C15H22N2O3/c1-4-8-12(2)16(3)15(20)17(11-14(18)19)13-9-6-5-7-10-13/h5-7,9-10,12H,4,8,11H2,1-3H3,(H,18,19). The summed E-state index contributed by atoms with van der Waals surface area (Å²) in [6.45, 7) is 3.68. The van der Waals surface area contributed by atoms with Crippen molar-refractivity contribution < 1.29 is 14.7 Å². The molecule has 0 aliphatic heterocycles. The molecule has 1 N–H and O–H groups in total. The number of rotatable bonds is 6. The summed E-state index contributed by atoms with van der Waals surface area (Å²) < 4.78 is 0. The van der Waals surface area contributed by atoms with E-state index in [4.69, 9.17) is 5.11 Å². The number of hydrogen-bond donors (Lipinski definition) is 1. The predicted octanol–water partition coefficient (Wildman–Crippen LogP) is 2.82. The van der Waals surface area contributed by atoms with Crippen LogP contribution < -0.4 is 4.90 Å². The first kappa shape index (κ1) is 16.0. The first-order valence-corrected chi connectivity index (χ1v) is 6.78. The molecule has 1 rings (SSSR count). The molecule has 5 heteroatoms. The van der Waals surface area contributed by atoms with Crippen molar-refractivity contribution in [2.24, 2.45) is 0 Å². The summed E-state index contributed by atoms with van der Waals surface area (Å²) in [5.41, 5.74) is 0.593. The Bertz CT molecular complexity index is 448. The van der Waals surface area contributed by atoms with Gasteiger partial charge in [-0.25, -0.2) is 4.79 Å². The topological polar surface area (TPSA) is 60.9 Å². The number of anilines is 1. The predicted molar refractivity (Wildman–Crippen MR) is 79.0 cm³/mol. The molecule has 0 bridgehead atoms. The Morgan fingerprint density at radius 2 is 1.85 bits per heavy atom. The number of carbonyl (C=O) groups is 2. The Balaban J connectivity index is 2.93. The number of carboxylic acids is 1. The van der Waals surface area contributed by atoms with E-state index < -0.39 is 5.97 Å². The largest absolute Gasteiger partial charge is 0.480 e. The molecule has 1 atom stereocenters. The van der Waals surface area contributed by atoms with Crippen molar-refractivity contribution in [3.05, 3.63) is 30.3 Å². The van der Waals surface area contributed by atoms with Crippen molar-refractivity contribution >= 4 is 17.7 Å². The summed E-state index contributed by atoms with van der Waals surface area (Å²) in [5, 5.41) is 9.01. The van der Waals surface area contributed by atoms with Crippen LogP contribution in [-0.2, 0) is 4.79 Å². The van der Waals surface area contributed by atoms with E-state index in [1.54, 1.807) is 36.2 Å². The minimum absolute atomic E-state index is 0.0764. The number of hydrogen-bond acceptors (Lipinski definition) is 2. The smallest absolute Gasteiger partial charge is 0.325 e. The summed E-state index contributed by atoms with van der Waals surface area (Å²) in [4.78, 5) is 26.4. The normalized spacial score (nSPS) is 11.8. The van der Waals surface area contributed by atoms with Crippen molar-refractivity contribution in [2.75, 3.05) is 18.5 Å². The maximum absolute atomic E-state index is 12.5. The zero-order valence-electron chi connectivity index (χ0n) is 12.2. The lowest BCUT2D eigenvalue weighted by Gasteiger charge is -2.31. The number of amides is 2. The average Bonchev–Trinajstić information content (AvgIpc) is 2.44. The van der Waals surface area contributed by atoms with Crippen LogP contribution in [0.25, 0.3) is 0 Å². The molecule has 2 amide bonds. The van der Waals surface area contributed by atoms with Crippen LogP contribution in [0.2, 0.25) is 0 Å². The zero-order valence-corrected chi connectivity index (χ0v) is 12.2. The van der Waals surface area contributed by atoms with Gasteiger partial charge in [-0.1, -0.05) is 31.5 Å². The minimum Gasteiger partial charge on any atom is -0.480 e. The van der Waals surface area contributed by atoms with E-state index in [-0.39, 0.29) is 18.6 Å². The second-order valence-electron chi connectivity index (χ2n) is 4.85. The van der Waals surface area contributed by atoms with Gasteiger partial charge in [-0.05, 0) is 25.5 Å². The van der Waals surface area contributed by atoms with Crippen LogP contribution in [0.1, 0.15) is 26.7 Å². The van der Waals surface area contributed by atoms with Gasteiger partial charge >= 0.3 is 12.0 Å². The minimum atomic E-state index is -1.03. The third-order valence-corrected chi connectivity index (χ3v) is 3.26. The Labute approximate surface area is 119 Å². The lowest BCUT2D eigenvalue weighted by Crippen LogP contribution is -2.47. The molecule has 0 heterocycles. The Morgan fingerprint density at radius 1 is 1.25 bits per heavy atom. The van der Waals surface area contributed by atoms with Gasteiger partial charge in [0.1, 0.15) is 6.54 Å². The molecule has 0 aliphatic rings. The van der Waals surface area contributed by atoms with Gasteiger partial charge in [-0.2, -0.15) is 0 Å². The van der Waals surface area contributed by atoms with Crippen LogP contribution in [0.5, 0.6) is 0 Å². The Hall–Kier alpha value is -2.04. The summed E-state index contributed by atoms with van der Waals surface area (Å²) in [6.07, 6.45) is 1.86. The van der Waals surface area contributed by atoms with Crippen LogP contribution >= 0.6 is 0 Å². The summed E-state index contributed by atoms with van der Waals surface area (Å²) in [6, 6.07) is 8.65. The Kier molecular flexibility index (Phi) is 6.03. The van der Waals surface area contributed by atoms with Crippen LogP contribution in [-0.4, -0.2) is 41.6 Å². The van der Waals surface area contributed by atoms with Gasteiger partial charge in [0.05, 0.1) is 0 Å². The second-order valence-corrected chi connectivity index (χ2v) is 4.85. The summed E-state index contributed by atoms with van der Waals surface area (Å²) in [5.74, 6) is -1.03. The molecular weight excluding hydrogens is 256 g/mol. The molecule has 5 nitrogen and oxygen atoms in total. The van der Waals surface area contributed by atoms with Crippen molar-refractivity contribution in [3.63, 3.8) is 0 Å². The maximum atomic E-state index is 12.5. The molecule has 0 aliphatic carbocycles. The highest BCUT2D eigenvalue weighted by molar-refractivity contribution is 5.96. The van der Waals surface area contributed by atoms with Crippen LogP contribution in [0.3, 0.4) is 0 Å². The summed E-state index contributed by atoms with van der Waals surface area (Å²) in [7, 11) is 1.71. The molecule has 1 aromatic carbocycles. The lowest BCUT2D eigenvalue weighted by atomic mass is 10.2. The molecule has 1 aromatic rings. The van der Waals surface area contributed by atoms with Crippen molar-refractivity contribution in [2.45, 2.75) is 32.7 Å². The lowest BCUT2D eigenvalue weighted by molar-refractivity contribution is -0.135. The first-order valence-electron chi connectivity index (χ1n) is 6.78. The van der Waals surface area contributed by atoms with E-state index in [9.17, 15) is 9.59 Å². The van der Waals surface area contributed by atoms with E-state index in [1.807, 2.05) is 13.0 Å². The van der Waals surface area contributed by atoms with Crippen molar-refractivity contribution in [1.82, 2.24) is 4.90 Å². The van der Waals surface area contributed by atoms with Crippen LogP contribution in [0.4, 0.5) is 10.5 Å². The van der Waals surface area contributed by atoms with Gasteiger partial charge in [0.25, 0.3) is 0 Å². The van der Waals surface area contributed by atoms with Gasteiger partial charge in [0.15, 0.2) is 0 Å². The van der Waals surface area contributed by atoms with Gasteiger partial charge in [-0.15, -0.1) is 0 Å². The molecule has 20 heavy (non-hydrogen) atoms. The monoisotopic (exact) mass is 278 g/mol. The molecule has 0 spiro atoms. The number of benzene rings is 1. The SMILES string of the molecule is CCCC(C)N(C)C(=O)N(CC(=O)O)c1ccccc1. The van der Waals surface area contributed by atoms with Crippen LogP contribution in [0, 0.1) is 0 Å². The van der Waals surface area contributed by atoms with E-state index in [0.717, 1.165) is 12.8 Å². The van der Waals surface area contributed by atoms with Gasteiger partial charge in [-0.3, -0.25) is 9.69 Å². The number of aliphatic carboxylic acids is 1. The van der Waals surface area contributed by atoms with Crippen LogP contribution in [0.15, 0.2) is 30.3 Å². The quantitative estimate of drug-likeness (QED) is 0.870. The van der Waals surface area contributed by atoms with Gasteiger partial charge < -0.3 is 10.0 Å². The molecule has 0 saturated heterocycles. The molecule has 0 saturated carbocycles. The molecule has 1 unspecified atom stereocenters. The molecule has 110 valence electrons. The fraction of sp³-hybridized carbons (Fsp3) is 0.467. The van der Waals surface area contributed by atoms with Crippen molar-refractivity contribution in [3.8, 4) is 0 Å². The second kappa shape index (κ2) is 7.53. The van der Waals surface area contributed by atoms with Crippen molar-refractivity contribution in [1.29, 1.82) is 0 Å². The molecular formula is C15H22N2O3. The van der Waals surface area contributed by atoms with Gasteiger partial charge in [0.2, 0.25) is 0 Å². The molecule has 0 radical (unpaired) electrons. The number of para-hydroxylation sites is 1. The van der Waals surface area contributed by atoms with E-state index in [2.05, 4.69) is 6.92 Å². The number of carbonyl (C=O) groups excluding carboxylic acids is 1. The molecule has 0 fully saturated rings. The highest BCUT2D eigenvalue weighted by Gasteiger charge is 2.24. The van der Waals surface area contributed by atoms with E-state index >= 15 is 0 Å². The fourth-order valence-corrected chi connectivity index (χ4v) is 2.00. The first-order chi connectivity index (χ1) is 9.47.